The molecule has 2 unspecified atom stereocenters. The molecule has 1 aromatic carbocycles. The van der Waals surface area contributed by atoms with Gasteiger partial charge in [-0.2, -0.15) is 18.4 Å². The van der Waals surface area contributed by atoms with Crippen molar-refractivity contribution in [3.05, 3.63) is 41.0 Å². The summed E-state index contributed by atoms with van der Waals surface area (Å²) in [4.78, 5) is 12.2. The van der Waals surface area contributed by atoms with Crippen LogP contribution in [0.3, 0.4) is 0 Å². The Kier molecular flexibility index (Phi) is 5.66. The number of benzene rings is 1. The lowest BCUT2D eigenvalue weighted by molar-refractivity contribution is -0.137. The van der Waals surface area contributed by atoms with E-state index < -0.39 is 17.6 Å². The van der Waals surface area contributed by atoms with Gasteiger partial charge in [0.2, 0.25) is 0 Å². The Morgan fingerprint density at radius 2 is 1.88 bits per heavy atom. The molecule has 3 nitrogen and oxygen atoms in total. The van der Waals surface area contributed by atoms with Gasteiger partial charge in [0.25, 0.3) is 5.91 Å². The van der Waals surface area contributed by atoms with Gasteiger partial charge >= 0.3 is 6.18 Å². The lowest BCUT2D eigenvalue weighted by atomic mass is 9.86. The van der Waals surface area contributed by atoms with Crippen LogP contribution in [0.5, 0.6) is 0 Å². The molecular weight excluding hydrogens is 317 g/mol. The molecule has 2 atom stereocenters. The van der Waals surface area contributed by atoms with Gasteiger partial charge in [-0.25, -0.2) is 0 Å². The Morgan fingerprint density at radius 3 is 2.42 bits per heavy atom. The van der Waals surface area contributed by atoms with Crippen LogP contribution in [0.4, 0.5) is 13.2 Å². The van der Waals surface area contributed by atoms with Crippen molar-refractivity contribution < 1.29 is 18.0 Å². The molecular formula is C18H19F3N2O. The number of rotatable bonds is 3. The maximum Gasteiger partial charge on any atom is 0.416 e. The first-order chi connectivity index (χ1) is 11.3. The molecule has 0 spiro atoms. The van der Waals surface area contributed by atoms with Crippen molar-refractivity contribution in [2.45, 2.75) is 44.8 Å². The van der Waals surface area contributed by atoms with Crippen LogP contribution in [-0.4, -0.2) is 11.9 Å². The molecule has 1 amide bonds. The van der Waals surface area contributed by atoms with E-state index in [1.807, 2.05) is 6.07 Å². The molecule has 1 aromatic rings. The second-order valence-electron chi connectivity index (χ2n) is 6.13. The van der Waals surface area contributed by atoms with E-state index in [9.17, 15) is 23.2 Å². The van der Waals surface area contributed by atoms with Crippen molar-refractivity contribution in [3.63, 3.8) is 0 Å². The van der Waals surface area contributed by atoms with Crippen molar-refractivity contribution in [2.75, 3.05) is 0 Å². The highest BCUT2D eigenvalue weighted by Gasteiger charge is 2.30. The Morgan fingerprint density at radius 1 is 1.25 bits per heavy atom. The average Bonchev–Trinajstić information content (AvgIpc) is 2.54. The molecule has 0 aromatic heterocycles. The summed E-state index contributed by atoms with van der Waals surface area (Å²) in [7, 11) is 0. The molecule has 2 rings (SSSR count). The summed E-state index contributed by atoms with van der Waals surface area (Å²) in [5.41, 5.74) is -0.488. The number of nitrogens with one attached hydrogen (secondary N) is 1. The lowest BCUT2D eigenvalue weighted by Gasteiger charge is -2.29. The van der Waals surface area contributed by atoms with Gasteiger partial charge in [0.15, 0.2) is 0 Å². The third-order valence-electron chi connectivity index (χ3n) is 4.34. The van der Waals surface area contributed by atoms with Gasteiger partial charge in [-0.15, -0.1) is 0 Å². The van der Waals surface area contributed by atoms with E-state index in [4.69, 9.17) is 0 Å². The van der Waals surface area contributed by atoms with E-state index in [0.717, 1.165) is 37.8 Å². The third-order valence-corrected chi connectivity index (χ3v) is 4.34. The van der Waals surface area contributed by atoms with E-state index >= 15 is 0 Å². The standard InChI is InChI=1S/C18H19F3N2O/c1-12-4-2-3-5-16(12)23-17(24)14(11-22)10-13-6-8-15(9-7-13)18(19,20)21/h6-10,12,16H,2-5H2,1H3,(H,23,24). The second-order valence-corrected chi connectivity index (χ2v) is 6.13. The van der Waals surface area contributed by atoms with Gasteiger partial charge in [0.05, 0.1) is 5.56 Å². The number of nitrogens with zero attached hydrogens (tertiary/aromatic N) is 1. The topological polar surface area (TPSA) is 52.9 Å². The molecule has 24 heavy (non-hydrogen) atoms. The normalized spacial score (nSPS) is 21.9. The molecule has 0 aliphatic heterocycles. The van der Waals surface area contributed by atoms with Crippen molar-refractivity contribution in [1.29, 1.82) is 5.26 Å². The predicted molar refractivity (Wildman–Crippen MR) is 84.6 cm³/mol. The zero-order chi connectivity index (χ0) is 17.7. The Balaban J connectivity index is 2.11. The van der Waals surface area contributed by atoms with Gasteiger partial charge in [-0.05, 0) is 42.5 Å². The highest BCUT2D eigenvalue weighted by Crippen LogP contribution is 2.29. The number of carbonyl (C=O) groups excluding carboxylic acids is 1. The van der Waals surface area contributed by atoms with Gasteiger partial charge in [-0.3, -0.25) is 4.79 Å². The minimum Gasteiger partial charge on any atom is -0.348 e. The minimum absolute atomic E-state index is 0.0376. The summed E-state index contributed by atoms with van der Waals surface area (Å²) in [6.07, 6.45) is 0.999. The quantitative estimate of drug-likeness (QED) is 0.661. The molecule has 0 radical (unpaired) electrons. The molecule has 0 bridgehead atoms. The summed E-state index contributed by atoms with van der Waals surface area (Å²) in [6.45, 7) is 2.07. The van der Waals surface area contributed by atoms with Crippen LogP contribution in [0.15, 0.2) is 29.8 Å². The number of alkyl halides is 3. The van der Waals surface area contributed by atoms with E-state index in [-0.39, 0.29) is 11.6 Å². The molecule has 1 fully saturated rings. The molecule has 1 aliphatic rings. The van der Waals surface area contributed by atoms with Crippen molar-refractivity contribution >= 4 is 12.0 Å². The van der Waals surface area contributed by atoms with Crippen LogP contribution in [0.1, 0.15) is 43.7 Å². The Bertz CT molecular complexity index is 656. The van der Waals surface area contributed by atoms with Crippen LogP contribution >= 0.6 is 0 Å². The molecule has 1 aliphatic carbocycles. The summed E-state index contributed by atoms with van der Waals surface area (Å²) < 4.78 is 37.6. The monoisotopic (exact) mass is 336 g/mol. The number of halogens is 3. The Hall–Kier alpha value is -2.29. The maximum absolute atomic E-state index is 12.5. The van der Waals surface area contributed by atoms with E-state index in [2.05, 4.69) is 12.2 Å². The summed E-state index contributed by atoms with van der Waals surface area (Å²) in [5, 5.41) is 12.0. The first-order valence-corrected chi connectivity index (χ1v) is 7.91. The van der Waals surface area contributed by atoms with Crippen LogP contribution in [0.2, 0.25) is 0 Å². The zero-order valence-electron chi connectivity index (χ0n) is 13.4. The third kappa shape index (κ3) is 4.60. The van der Waals surface area contributed by atoms with Crippen LogP contribution in [-0.2, 0) is 11.0 Å². The Labute approximate surface area is 139 Å². The van der Waals surface area contributed by atoms with Crippen LogP contribution < -0.4 is 5.32 Å². The van der Waals surface area contributed by atoms with Gasteiger partial charge in [0.1, 0.15) is 11.6 Å². The molecule has 128 valence electrons. The number of amides is 1. The summed E-state index contributed by atoms with van der Waals surface area (Å²) >= 11 is 0. The van der Waals surface area contributed by atoms with Gasteiger partial charge < -0.3 is 5.32 Å². The van der Waals surface area contributed by atoms with Crippen LogP contribution in [0.25, 0.3) is 6.08 Å². The van der Waals surface area contributed by atoms with E-state index in [0.29, 0.717) is 11.5 Å². The lowest BCUT2D eigenvalue weighted by Crippen LogP contribution is -2.41. The van der Waals surface area contributed by atoms with Gasteiger partial charge in [0, 0.05) is 6.04 Å². The van der Waals surface area contributed by atoms with E-state index in [1.165, 1.54) is 18.2 Å². The molecule has 0 saturated heterocycles. The predicted octanol–water partition coefficient (Wildman–Crippen LogP) is 4.31. The fraction of sp³-hybridized carbons (Fsp3) is 0.444. The minimum atomic E-state index is -4.41. The molecule has 1 N–H and O–H groups in total. The maximum atomic E-state index is 12.5. The van der Waals surface area contributed by atoms with Crippen molar-refractivity contribution in [3.8, 4) is 6.07 Å². The average molecular weight is 336 g/mol. The van der Waals surface area contributed by atoms with Crippen LogP contribution in [0, 0.1) is 17.2 Å². The fourth-order valence-corrected chi connectivity index (χ4v) is 2.86. The summed E-state index contributed by atoms with van der Waals surface area (Å²) in [6, 6.07) is 6.22. The highest BCUT2D eigenvalue weighted by atomic mass is 19.4. The first-order valence-electron chi connectivity index (χ1n) is 7.91. The molecule has 1 saturated carbocycles. The highest BCUT2D eigenvalue weighted by molar-refractivity contribution is 6.01. The van der Waals surface area contributed by atoms with Gasteiger partial charge in [-0.1, -0.05) is 31.9 Å². The smallest absolute Gasteiger partial charge is 0.348 e. The van der Waals surface area contributed by atoms with Crippen molar-refractivity contribution in [2.24, 2.45) is 5.92 Å². The number of hydrogen-bond donors (Lipinski definition) is 1. The second kappa shape index (κ2) is 7.52. The first kappa shape index (κ1) is 18.1. The molecule has 6 heteroatoms. The zero-order valence-corrected chi connectivity index (χ0v) is 13.4. The largest absolute Gasteiger partial charge is 0.416 e. The SMILES string of the molecule is CC1CCCCC1NC(=O)C(C#N)=Cc1ccc(C(F)(F)F)cc1. The number of hydrogen-bond acceptors (Lipinski definition) is 2. The number of carbonyl (C=O) groups is 1. The summed E-state index contributed by atoms with van der Waals surface area (Å²) in [5.74, 6) is -0.121. The number of nitriles is 1. The van der Waals surface area contributed by atoms with Crippen molar-refractivity contribution in [1.82, 2.24) is 5.32 Å². The fourth-order valence-electron chi connectivity index (χ4n) is 2.86. The molecule has 0 heterocycles. The van der Waals surface area contributed by atoms with E-state index in [1.54, 1.807) is 0 Å².